The van der Waals surface area contributed by atoms with Crippen LogP contribution in [0.15, 0.2) is 72.3 Å². The number of Topliss-reactive ketones (excluding diaryl/α,β-unsaturated/α-hetero) is 1. The van der Waals surface area contributed by atoms with Crippen molar-refractivity contribution >= 4 is 28.9 Å². The van der Waals surface area contributed by atoms with Crippen molar-refractivity contribution in [2.45, 2.75) is 85.6 Å². The van der Waals surface area contributed by atoms with Gasteiger partial charge in [0.05, 0.1) is 41.4 Å². The number of aliphatic hydroxyl groups excluding tert-OH is 2. The highest BCUT2D eigenvalue weighted by Gasteiger charge is 2.50. The first-order chi connectivity index (χ1) is 25.4. The van der Waals surface area contributed by atoms with Gasteiger partial charge in [0, 0.05) is 61.3 Å². The summed E-state index contributed by atoms with van der Waals surface area (Å²) < 4.78 is 24.2. The number of benzene rings is 1. The van der Waals surface area contributed by atoms with Crippen molar-refractivity contribution < 1.29 is 53.5 Å². The van der Waals surface area contributed by atoms with Crippen molar-refractivity contribution in [2.24, 2.45) is 28.8 Å². The van der Waals surface area contributed by atoms with Gasteiger partial charge in [0.15, 0.2) is 5.71 Å². The SMILES string of the molecule is C=CCO/N=C1/c2c3c(C)c(O)c4c2C(=C)C=C(NC(=O)/C(C)=C\C=C\[C@H](C)[C@H](O)[C@@H](C)[C@@H](O)[C@@H](C)[C@H](OC(C)=O)[C@H](C)[C@@H](OC)/C=C/O[C@@]1(C)O3)C4=O. The van der Waals surface area contributed by atoms with Gasteiger partial charge in [-0.3, -0.25) is 14.4 Å². The van der Waals surface area contributed by atoms with Crippen LogP contribution in [0.4, 0.5) is 0 Å². The Kier molecular flexibility index (Phi) is 13.2. The zero-order valence-corrected chi connectivity index (χ0v) is 32.3. The van der Waals surface area contributed by atoms with Gasteiger partial charge in [0.1, 0.15) is 24.2 Å². The lowest BCUT2D eigenvalue weighted by atomic mass is 9.78. The molecule has 0 spiro atoms. The van der Waals surface area contributed by atoms with Crippen LogP contribution in [-0.2, 0) is 28.6 Å². The number of ether oxygens (including phenoxy) is 4. The van der Waals surface area contributed by atoms with Crippen molar-refractivity contribution in [1.29, 1.82) is 0 Å². The zero-order chi connectivity index (χ0) is 40.2. The van der Waals surface area contributed by atoms with Crippen molar-refractivity contribution in [3.63, 3.8) is 0 Å². The number of allylic oxidation sites excluding steroid dienone is 5. The van der Waals surface area contributed by atoms with Gasteiger partial charge in [-0.25, -0.2) is 0 Å². The van der Waals surface area contributed by atoms with Gasteiger partial charge in [0.25, 0.3) is 11.7 Å². The van der Waals surface area contributed by atoms with E-state index in [0.717, 1.165) is 0 Å². The number of hydrogen-bond donors (Lipinski definition) is 4. The van der Waals surface area contributed by atoms with Crippen LogP contribution in [0.5, 0.6) is 11.5 Å². The number of esters is 1. The van der Waals surface area contributed by atoms with Crippen LogP contribution in [0, 0.1) is 30.6 Å². The number of rotatable bonds is 5. The monoisotopic (exact) mass is 748 g/mol. The van der Waals surface area contributed by atoms with Gasteiger partial charge in [-0.05, 0) is 31.6 Å². The van der Waals surface area contributed by atoms with E-state index in [-0.39, 0.29) is 57.4 Å². The van der Waals surface area contributed by atoms with Gasteiger partial charge >= 0.3 is 5.97 Å². The molecule has 0 saturated heterocycles. The lowest BCUT2D eigenvalue weighted by Gasteiger charge is -2.38. The summed E-state index contributed by atoms with van der Waals surface area (Å²) in [6.45, 7) is 20.9. The summed E-state index contributed by atoms with van der Waals surface area (Å²) in [5.41, 5.74) is 1.17. The molecule has 0 radical (unpaired) electrons. The third-order valence-corrected chi connectivity index (χ3v) is 10.3. The van der Waals surface area contributed by atoms with Crippen LogP contribution in [0.1, 0.15) is 75.5 Å². The molecule has 0 fully saturated rings. The van der Waals surface area contributed by atoms with E-state index in [9.17, 15) is 29.7 Å². The van der Waals surface area contributed by atoms with Gasteiger partial charge in [-0.1, -0.05) is 70.3 Å². The Hall–Kier alpha value is -4.98. The van der Waals surface area contributed by atoms with Crippen molar-refractivity contribution in [2.75, 3.05) is 13.7 Å². The first kappa shape index (κ1) is 41.8. The largest absolute Gasteiger partial charge is 0.507 e. The predicted octanol–water partition coefficient (Wildman–Crippen LogP) is 5.18. The van der Waals surface area contributed by atoms with E-state index in [1.807, 2.05) is 0 Å². The normalized spacial score (nSPS) is 33.4. The molecule has 292 valence electrons. The van der Waals surface area contributed by atoms with E-state index in [2.05, 4.69) is 23.6 Å². The summed E-state index contributed by atoms with van der Waals surface area (Å²) in [6.07, 6.45) is 7.01. The molecular weight excluding hydrogens is 696 g/mol. The molecule has 5 bridgehead atoms. The maximum atomic E-state index is 14.0. The number of nitrogens with zero attached hydrogens (tertiary/aromatic N) is 1. The predicted molar refractivity (Wildman–Crippen MR) is 202 cm³/mol. The molecule has 3 heterocycles. The summed E-state index contributed by atoms with van der Waals surface area (Å²) in [6, 6.07) is 0. The van der Waals surface area contributed by atoms with E-state index in [0.29, 0.717) is 5.56 Å². The number of oxime groups is 1. The fraction of sp³-hybridized carbons (Fsp3) is 0.463. The number of aliphatic hydroxyl groups is 2. The Bertz CT molecular complexity index is 1840. The number of fused-ring (bicyclic) bond motifs is 14. The molecule has 1 amide bonds. The standard InChI is InChI=1S/C41H52N2O11/c1-12-17-52-43-39-32-30-22(4)19-28-36(48)31(30)35(47)26(8)38(32)54-41(39,10)51-18-16-29(50-11)23(5)37(53-27(9)44)25(7)34(46)24(6)33(45)20(2)14-13-15-21(3)40(49)42-28/h12-16,18-20,23-25,29,33-34,37,45-47H,1,4,17H2,2-3,5-11H3,(H,42,49)/b14-13+,18-16+,21-15-,43-39-/t20-,23+,24+,25+,29-,33-,34+,37+,41-/m0/s1. The fourth-order valence-corrected chi connectivity index (χ4v) is 7.03. The van der Waals surface area contributed by atoms with E-state index >= 15 is 0 Å². The highest BCUT2D eigenvalue weighted by molar-refractivity contribution is 6.24. The van der Waals surface area contributed by atoms with Gasteiger partial charge < -0.3 is 44.4 Å². The first-order valence-electron chi connectivity index (χ1n) is 17.8. The minimum atomic E-state index is -1.68. The molecule has 54 heavy (non-hydrogen) atoms. The molecule has 4 aliphatic rings. The molecular formula is C41H52N2O11. The molecule has 5 rings (SSSR count). The topological polar surface area (TPSA) is 182 Å². The Morgan fingerprint density at radius 1 is 1.06 bits per heavy atom. The number of aromatic hydroxyl groups is 1. The van der Waals surface area contributed by atoms with E-state index < -0.39 is 71.5 Å². The second-order valence-corrected chi connectivity index (χ2v) is 14.2. The van der Waals surface area contributed by atoms with Crippen LogP contribution in [0.2, 0.25) is 0 Å². The molecule has 13 nitrogen and oxygen atoms in total. The van der Waals surface area contributed by atoms with Crippen molar-refractivity contribution in [3.8, 4) is 11.5 Å². The average molecular weight is 749 g/mol. The summed E-state index contributed by atoms with van der Waals surface area (Å²) in [4.78, 5) is 45.2. The molecule has 0 unspecified atom stereocenters. The van der Waals surface area contributed by atoms with Crippen LogP contribution in [0.25, 0.3) is 5.57 Å². The fourth-order valence-electron chi connectivity index (χ4n) is 7.03. The van der Waals surface area contributed by atoms with Crippen molar-refractivity contribution in [1.82, 2.24) is 5.32 Å². The number of ketones is 1. The Morgan fingerprint density at radius 2 is 1.74 bits per heavy atom. The molecule has 1 aromatic carbocycles. The molecule has 4 N–H and O–H groups in total. The van der Waals surface area contributed by atoms with Crippen LogP contribution in [-0.4, -0.2) is 82.6 Å². The number of carbonyl (C=O) groups is 3. The lowest BCUT2D eigenvalue weighted by Crippen LogP contribution is -2.46. The summed E-state index contributed by atoms with van der Waals surface area (Å²) >= 11 is 0. The number of nitrogens with one attached hydrogen (secondary N) is 1. The molecule has 3 aliphatic heterocycles. The van der Waals surface area contributed by atoms with Gasteiger partial charge in [-0.2, -0.15) is 0 Å². The van der Waals surface area contributed by atoms with Crippen molar-refractivity contribution in [3.05, 3.63) is 89.4 Å². The molecule has 0 saturated carbocycles. The minimum absolute atomic E-state index is 0.0292. The molecule has 9 atom stereocenters. The summed E-state index contributed by atoms with van der Waals surface area (Å²) in [5.74, 6) is -5.97. The van der Waals surface area contributed by atoms with E-state index in [1.54, 1.807) is 66.7 Å². The van der Waals surface area contributed by atoms with Crippen LogP contribution in [0.3, 0.4) is 0 Å². The number of amides is 1. The van der Waals surface area contributed by atoms with Gasteiger partial charge in [0.2, 0.25) is 5.78 Å². The number of carbonyl (C=O) groups excluding carboxylic acids is 3. The number of hydrogen-bond acceptors (Lipinski definition) is 12. The summed E-state index contributed by atoms with van der Waals surface area (Å²) in [5, 5.41) is 41.2. The Balaban J connectivity index is 1.90. The maximum Gasteiger partial charge on any atom is 0.302 e. The average Bonchev–Trinajstić information content (AvgIpc) is 3.42. The minimum Gasteiger partial charge on any atom is -0.507 e. The first-order valence-corrected chi connectivity index (χ1v) is 17.8. The molecule has 1 aromatic rings. The number of methoxy groups -OCH3 is 1. The number of phenols is 1. The highest BCUT2D eigenvalue weighted by atomic mass is 16.7. The Labute approximate surface area is 316 Å². The molecule has 0 aromatic heterocycles. The van der Waals surface area contributed by atoms with Crippen LogP contribution >= 0.6 is 0 Å². The molecule has 1 aliphatic carbocycles. The zero-order valence-electron chi connectivity index (χ0n) is 32.3. The molecule has 13 heteroatoms. The lowest BCUT2D eigenvalue weighted by molar-refractivity contribution is -0.160. The van der Waals surface area contributed by atoms with E-state index in [4.69, 9.17) is 23.8 Å². The smallest absolute Gasteiger partial charge is 0.302 e. The third kappa shape index (κ3) is 8.23. The summed E-state index contributed by atoms with van der Waals surface area (Å²) in [7, 11) is 1.48. The van der Waals surface area contributed by atoms with Crippen LogP contribution < -0.4 is 10.1 Å². The quantitative estimate of drug-likeness (QED) is 0.135. The second-order valence-electron chi connectivity index (χ2n) is 14.2. The number of phenolic OH excluding ortho intramolecular Hbond substituents is 1. The van der Waals surface area contributed by atoms with E-state index in [1.165, 1.54) is 38.5 Å². The third-order valence-electron chi connectivity index (χ3n) is 10.3. The highest BCUT2D eigenvalue weighted by Crippen LogP contribution is 2.50. The van der Waals surface area contributed by atoms with Gasteiger partial charge in [-0.15, -0.1) is 0 Å². The second kappa shape index (κ2) is 17.0. The maximum absolute atomic E-state index is 14.0. The Morgan fingerprint density at radius 3 is 2.37 bits per heavy atom.